The quantitative estimate of drug-likeness (QED) is 0.276. The molecular weight excluding hydrogens is 543 g/mol. The van der Waals surface area contributed by atoms with Gasteiger partial charge >= 0.3 is 19.5 Å². The Hall–Kier alpha value is -3.32. The summed E-state index contributed by atoms with van der Waals surface area (Å²) in [6.45, 7) is 1.87. The molecule has 2 amide bonds. The molecule has 2 fully saturated rings. The predicted octanol–water partition coefficient (Wildman–Crippen LogP) is 5.83. The standard InChI is InChI=1S/C27H24BF6NO5/c1-2-3-14-8-20-22(19-12-21(40-28(39)23(14)19)13-4-6-18(36)7-5-13)25(38)35(24(20)37)17-10-15(26(29,30)31)9-16(11-17)27(32,33)34/h4-7,9-11,19-22,36,39H,2-3,8,12H2,1H3/t19-,20-,21-,22+/m0/s1. The number of halogens is 6. The Kier molecular flexibility index (Phi) is 7.02. The Morgan fingerprint density at radius 2 is 1.55 bits per heavy atom. The first-order valence-electron chi connectivity index (χ1n) is 12.7. The molecule has 0 aromatic heterocycles. The number of hydrogen-bond donors (Lipinski definition) is 2. The van der Waals surface area contributed by atoms with Crippen molar-refractivity contribution in [3.63, 3.8) is 0 Å². The van der Waals surface area contributed by atoms with Crippen LogP contribution in [0.5, 0.6) is 5.75 Å². The Labute approximate surface area is 225 Å². The highest BCUT2D eigenvalue weighted by molar-refractivity contribution is 6.53. The van der Waals surface area contributed by atoms with Gasteiger partial charge in [-0.3, -0.25) is 9.59 Å². The van der Waals surface area contributed by atoms with Crippen molar-refractivity contribution in [1.82, 2.24) is 0 Å². The molecule has 0 spiro atoms. The molecule has 2 saturated heterocycles. The normalized spacial score (nSPS) is 25.4. The van der Waals surface area contributed by atoms with Gasteiger partial charge in [-0.2, -0.15) is 26.3 Å². The molecule has 2 N–H and O–H groups in total. The number of carbonyl (C=O) groups excluding carboxylic acids is 2. The number of phenolic OH excluding ortho intramolecular Hbond substituents is 1. The van der Waals surface area contributed by atoms with E-state index >= 15 is 0 Å². The molecule has 1 aliphatic carbocycles. The lowest BCUT2D eigenvalue weighted by atomic mass is 9.54. The minimum Gasteiger partial charge on any atom is -0.508 e. The lowest BCUT2D eigenvalue weighted by Crippen LogP contribution is -2.44. The summed E-state index contributed by atoms with van der Waals surface area (Å²) in [5.74, 6) is -4.66. The monoisotopic (exact) mass is 567 g/mol. The summed E-state index contributed by atoms with van der Waals surface area (Å²) < 4.78 is 87.0. The third-order valence-electron chi connectivity index (χ3n) is 7.86. The summed E-state index contributed by atoms with van der Waals surface area (Å²) >= 11 is 0. The van der Waals surface area contributed by atoms with E-state index in [1.54, 1.807) is 12.1 Å². The molecule has 212 valence electrons. The maximum absolute atomic E-state index is 13.8. The second kappa shape index (κ2) is 9.95. The second-order valence-electron chi connectivity index (χ2n) is 10.3. The molecule has 3 aliphatic rings. The molecule has 0 saturated carbocycles. The van der Waals surface area contributed by atoms with Crippen molar-refractivity contribution in [3.05, 3.63) is 70.2 Å². The van der Waals surface area contributed by atoms with Crippen molar-refractivity contribution in [2.75, 3.05) is 4.90 Å². The lowest BCUT2D eigenvalue weighted by Gasteiger charge is -2.42. The molecule has 2 aromatic carbocycles. The number of amides is 2. The summed E-state index contributed by atoms with van der Waals surface area (Å²) in [6.07, 6.45) is -9.79. The van der Waals surface area contributed by atoms with Crippen molar-refractivity contribution in [2.24, 2.45) is 17.8 Å². The van der Waals surface area contributed by atoms with Crippen LogP contribution in [0.2, 0.25) is 0 Å². The highest BCUT2D eigenvalue weighted by Gasteiger charge is 2.58. The third-order valence-corrected chi connectivity index (χ3v) is 7.86. The number of allylic oxidation sites excluding steroid dienone is 2. The number of carbonyl (C=O) groups is 2. The molecule has 2 aromatic rings. The minimum atomic E-state index is -5.15. The molecule has 2 aliphatic heterocycles. The number of aromatic hydroxyl groups is 1. The molecule has 0 unspecified atom stereocenters. The fraction of sp³-hybridized carbons (Fsp3) is 0.407. The fourth-order valence-corrected chi connectivity index (χ4v) is 6.18. The van der Waals surface area contributed by atoms with Gasteiger partial charge in [-0.15, -0.1) is 0 Å². The van der Waals surface area contributed by atoms with Gasteiger partial charge in [-0.25, -0.2) is 4.90 Å². The summed E-state index contributed by atoms with van der Waals surface area (Å²) in [6, 6.07) is 6.68. The molecule has 0 radical (unpaired) electrons. The summed E-state index contributed by atoms with van der Waals surface area (Å²) in [7, 11) is -1.43. The SMILES string of the molecule is CCCC1=C2B(O)O[C@H](c3ccc(O)cc3)C[C@H]2[C@H]2C(=O)N(c3cc(C(F)(F)F)cc(C(F)(F)F)c3)C(=O)[C@H]2C1. The van der Waals surface area contributed by atoms with E-state index in [2.05, 4.69) is 0 Å². The maximum atomic E-state index is 13.8. The first kappa shape index (κ1) is 28.2. The van der Waals surface area contributed by atoms with Crippen molar-refractivity contribution in [1.29, 1.82) is 0 Å². The molecule has 2 heterocycles. The number of imide groups is 1. The average Bonchev–Trinajstić information content (AvgIpc) is 3.12. The molecular formula is C27H24BF6NO5. The maximum Gasteiger partial charge on any atom is 0.487 e. The number of alkyl halides is 6. The molecule has 6 nitrogen and oxygen atoms in total. The first-order valence-corrected chi connectivity index (χ1v) is 12.7. The van der Waals surface area contributed by atoms with Gasteiger partial charge in [-0.05, 0) is 66.5 Å². The van der Waals surface area contributed by atoms with Gasteiger partial charge in [0.25, 0.3) is 0 Å². The number of fused-ring (bicyclic) bond motifs is 3. The number of nitrogens with zero attached hydrogens (tertiary/aromatic N) is 1. The zero-order chi connectivity index (χ0) is 29.1. The number of anilines is 1. The van der Waals surface area contributed by atoms with Gasteiger partial charge in [0.15, 0.2) is 0 Å². The van der Waals surface area contributed by atoms with Crippen LogP contribution in [0.3, 0.4) is 0 Å². The van der Waals surface area contributed by atoms with Crippen molar-refractivity contribution < 1.29 is 50.7 Å². The zero-order valence-electron chi connectivity index (χ0n) is 21.1. The van der Waals surface area contributed by atoms with Crippen LogP contribution in [0, 0.1) is 17.8 Å². The number of hydrogen-bond acceptors (Lipinski definition) is 5. The highest BCUT2D eigenvalue weighted by Crippen LogP contribution is 2.53. The summed E-state index contributed by atoms with van der Waals surface area (Å²) in [5, 5.41) is 20.6. The van der Waals surface area contributed by atoms with Gasteiger partial charge in [0, 0.05) is 0 Å². The van der Waals surface area contributed by atoms with Crippen LogP contribution < -0.4 is 4.90 Å². The van der Waals surface area contributed by atoms with Crippen molar-refractivity contribution in [3.8, 4) is 5.75 Å². The molecule has 40 heavy (non-hydrogen) atoms. The van der Waals surface area contributed by atoms with Gasteiger partial charge in [-0.1, -0.05) is 31.1 Å². The highest BCUT2D eigenvalue weighted by atomic mass is 19.4. The summed E-state index contributed by atoms with van der Waals surface area (Å²) in [4.78, 5) is 27.8. The van der Waals surface area contributed by atoms with Crippen LogP contribution in [0.1, 0.15) is 55.4 Å². The topological polar surface area (TPSA) is 87.1 Å². The third kappa shape index (κ3) is 4.89. The number of benzene rings is 2. The average molecular weight is 567 g/mol. The van der Waals surface area contributed by atoms with Gasteiger partial charge < -0.3 is 14.8 Å². The van der Waals surface area contributed by atoms with E-state index in [1.807, 2.05) is 6.92 Å². The van der Waals surface area contributed by atoms with Crippen LogP contribution in [0.15, 0.2) is 53.5 Å². The lowest BCUT2D eigenvalue weighted by molar-refractivity contribution is -0.143. The first-order chi connectivity index (χ1) is 18.7. The molecule has 0 bridgehead atoms. The van der Waals surface area contributed by atoms with E-state index < -0.39 is 72.0 Å². The zero-order valence-corrected chi connectivity index (χ0v) is 21.1. The van der Waals surface area contributed by atoms with E-state index in [0.717, 1.165) is 0 Å². The Morgan fingerprint density at radius 3 is 2.10 bits per heavy atom. The van der Waals surface area contributed by atoms with Gasteiger partial charge in [0.1, 0.15) is 5.75 Å². The molecule has 13 heteroatoms. The van der Waals surface area contributed by atoms with E-state index in [9.17, 15) is 46.1 Å². The van der Waals surface area contributed by atoms with E-state index in [0.29, 0.717) is 46.5 Å². The van der Waals surface area contributed by atoms with E-state index in [-0.39, 0.29) is 24.7 Å². The smallest absolute Gasteiger partial charge is 0.487 e. The Morgan fingerprint density at radius 1 is 0.950 bits per heavy atom. The molecule has 5 rings (SSSR count). The van der Waals surface area contributed by atoms with E-state index in [1.165, 1.54) is 12.1 Å². The van der Waals surface area contributed by atoms with Crippen LogP contribution in [0.25, 0.3) is 0 Å². The molecule has 4 atom stereocenters. The fourth-order valence-electron chi connectivity index (χ4n) is 6.18. The van der Waals surface area contributed by atoms with Crippen LogP contribution >= 0.6 is 0 Å². The van der Waals surface area contributed by atoms with Crippen LogP contribution in [0.4, 0.5) is 32.0 Å². The van der Waals surface area contributed by atoms with Crippen molar-refractivity contribution in [2.45, 2.75) is 51.1 Å². The largest absolute Gasteiger partial charge is 0.508 e. The van der Waals surface area contributed by atoms with Crippen LogP contribution in [-0.4, -0.2) is 29.1 Å². The van der Waals surface area contributed by atoms with Gasteiger partial charge in [0.05, 0.1) is 34.8 Å². The van der Waals surface area contributed by atoms with E-state index in [4.69, 9.17) is 4.65 Å². The predicted molar refractivity (Wildman–Crippen MR) is 130 cm³/mol. The van der Waals surface area contributed by atoms with Crippen LogP contribution in [-0.2, 0) is 26.6 Å². The van der Waals surface area contributed by atoms with Gasteiger partial charge in [0.2, 0.25) is 11.8 Å². The number of rotatable bonds is 4. The summed E-state index contributed by atoms with van der Waals surface area (Å²) in [5.41, 5.74) is -2.36. The Balaban J connectivity index is 1.58. The van der Waals surface area contributed by atoms with Crippen molar-refractivity contribution >= 4 is 24.6 Å². The second-order valence-corrected chi connectivity index (χ2v) is 10.3. The minimum absolute atomic E-state index is 0.00447. The number of phenols is 1. The Bertz CT molecular complexity index is 1340.